The predicted octanol–water partition coefficient (Wildman–Crippen LogP) is 3.78. The van der Waals surface area contributed by atoms with E-state index in [1.54, 1.807) is 11.3 Å². The zero-order valence-electron chi connectivity index (χ0n) is 18.6. The summed E-state index contributed by atoms with van der Waals surface area (Å²) in [5.74, 6) is 1.51. The molecule has 2 aromatic heterocycles. The Morgan fingerprint density at radius 3 is 3.06 bits per heavy atom. The van der Waals surface area contributed by atoms with Gasteiger partial charge in [-0.15, -0.1) is 11.3 Å². The van der Waals surface area contributed by atoms with E-state index in [0.29, 0.717) is 18.3 Å². The second-order valence-corrected chi connectivity index (χ2v) is 9.75. The van der Waals surface area contributed by atoms with Crippen molar-refractivity contribution >= 4 is 17.2 Å². The highest BCUT2D eigenvalue weighted by Crippen LogP contribution is 2.23. The van der Waals surface area contributed by atoms with Gasteiger partial charge in [-0.1, -0.05) is 24.6 Å². The van der Waals surface area contributed by atoms with Crippen LogP contribution in [0.25, 0.3) is 10.7 Å². The average Bonchev–Trinajstić information content (AvgIpc) is 3.49. The number of amides is 1. The third kappa shape index (κ3) is 6.14. The van der Waals surface area contributed by atoms with Gasteiger partial charge in [-0.3, -0.25) is 9.69 Å². The number of hydrogen-bond acceptors (Lipinski definition) is 7. The van der Waals surface area contributed by atoms with Gasteiger partial charge in [-0.05, 0) is 63.1 Å². The summed E-state index contributed by atoms with van der Waals surface area (Å²) < 4.78 is 5.44. The van der Waals surface area contributed by atoms with Crippen molar-refractivity contribution in [2.75, 3.05) is 32.7 Å². The predicted molar refractivity (Wildman–Crippen MR) is 123 cm³/mol. The van der Waals surface area contributed by atoms with E-state index in [1.165, 1.54) is 32.2 Å². The zero-order valence-corrected chi connectivity index (χ0v) is 19.4. The van der Waals surface area contributed by atoms with Gasteiger partial charge in [0.25, 0.3) is 0 Å². The minimum atomic E-state index is 0.0480. The molecule has 2 saturated heterocycles. The standard InChI is InChI=1S/C23H35N5O2S/c1-2-19-9-3-4-13-28(19)14-7-11-24-23(29)18-8-5-12-27(16-18)17-21-25-22(26-30-21)20-10-6-15-31-20/h6,10,15,18-19H,2-5,7-9,11-14,16-17H2,1H3,(H,24,29). The first-order valence-electron chi connectivity index (χ1n) is 11.8. The lowest BCUT2D eigenvalue weighted by molar-refractivity contribution is -0.126. The highest BCUT2D eigenvalue weighted by molar-refractivity contribution is 7.13. The van der Waals surface area contributed by atoms with Crippen molar-refractivity contribution in [2.45, 2.75) is 64.5 Å². The molecule has 2 atom stereocenters. The smallest absolute Gasteiger partial charge is 0.241 e. The Morgan fingerprint density at radius 2 is 2.23 bits per heavy atom. The summed E-state index contributed by atoms with van der Waals surface area (Å²) in [5.41, 5.74) is 0. The van der Waals surface area contributed by atoms with Crippen LogP contribution in [-0.4, -0.2) is 64.6 Å². The zero-order chi connectivity index (χ0) is 21.5. The van der Waals surface area contributed by atoms with Gasteiger partial charge in [0.05, 0.1) is 17.3 Å². The van der Waals surface area contributed by atoms with Crippen molar-refractivity contribution in [3.63, 3.8) is 0 Å². The summed E-state index contributed by atoms with van der Waals surface area (Å²) in [7, 11) is 0. The molecule has 31 heavy (non-hydrogen) atoms. The van der Waals surface area contributed by atoms with Crippen LogP contribution in [0.2, 0.25) is 0 Å². The number of likely N-dealkylation sites (tertiary alicyclic amines) is 2. The molecule has 7 nitrogen and oxygen atoms in total. The summed E-state index contributed by atoms with van der Waals surface area (Å²) in [5, 5.41) is 9.29. The minimum Gasteiger partial charge on any atom is -0.356 e. The second kappa shape index (κ2) is 11.2. The van der Waals surface area contributed by atoms with Crippen molar-refractivity contribution in [1.29, 1.82) is 0 Å². The number of nitrogens with one attached hydrogen (secondary N) is 1. The average molecular weight is 446 g/mol. The van der Waals surface area contributed by atoms with Crippen LogP contribution in [0.4, 0.5) is 0 Å². The molecule has 0 saturated carbocycles. The van der Waals surface area contributed by atoms with E-state index in [2.05, 4.69) is 32.2 Å². The Bertz CT molecular complexity index is 809. The number of rotatable bonds is 9. The SMILES string of the molecule is CCC1CCCCN1CCCNC(=O)C1CCCN(Cc2nc(-c3cccs3)no2)C1. The van der Waals surface area contributed by atoms with Crippen molar-refractivity contribution in [3.05, 3.63) is 23.4 Å². The fourth-order valence-corrected chi connectivity index (χ4v) is 5.53. The van der Waals surface area contributed by atoms with E-state index in [0.717, 1.165) is 56.4 Å². The van der Waals surface area contributed by atoms with Crippen LogP contribution in [0.15, 0.2) is 22.0 Å². The number of carbonyl (C=O) groups excluding carboxylic acids is 1. The molecule has 2 aliphatic heterocycles. The molecule has 8 heteroatoms. The number of thiophene rings is 1. The molecule has 4 heterocycles. The molecule has 0 aliphatic carbocycles. The molecule has 2 aromatic rings. The highest BCUT2D eigenvalue weighted by atomic mass is 32.1. The van der Waals surface area contributed by atoms with Crippen molar-refractivity contribution in [1.82, 2.24) is 25.3 Å². The van der Waals surface area contributed by atoms with E-state index < -0.39 is 0 Å². The van der Waals surface area contributed by atoms with E-state index in [-0.39, 0.29) is 11.8 Å². The summed E-state index contributed by atoms with van der Waals surface area (Å²) in [6, 6.07) is 4.72. The monoisotopic (exact) mass is 445 g/mol. The quantitative estimate of drug-likeness (QED) is 0.592. The van der Waals surface area contributed by atoms with Crippen LogP contribution in [-0.2, 0) is 11.3 Å². The van der Waals surface area contributed by atoms with Crippen molar-refractivity contribution < 1.29 is 9.32 Å². The molecule has 0 aromatic carbocycles. The molecule has 1 amide bonds. The number of carbonyl (C=O) groups is 1. The maximum atomic E-state index is 12.7. The lowest BCUT2D eigenvalue weighted by Gasteiger charge is -2.35. The van der Waals surface area contributed by atoms with E-state index in [1.807, 2.05) is 17.5 Å². The van der Waals surface area contributed by atoms with Crippen LogP contribution in [0.5, 0.6) is 0 Å². The highest BCUT2D eigenvalue weighted by Gasteiger charge is 2.27. The maximum Gasteiger partial charge on any atom is 0.241 e. The normalized spacial score (nSPS) is 23.1. The first-order valence-corrected chi connectivity index (χ1v) is 12.7. The first kappa shape index (κ1) is 22.4. The van der Waals surface area contributed by atoms with Gasteiger partial charge in [0.2, 0.25) is 17.6 Å². The maximum absolute atomic E-state index is 12.7. The Balaban J connectivity index is 1.19. The Hall–Kier alpha value is -1.77. The van der Waals surface area contributed by atoms with Crippen molar-refractivity contribution in [3.8, 4) is 10.7 Å². The third-order valence-corrected chi connectivity index (χ3v) is 7.45. The van der Waals surface area contributed by atoms with Crippen LogP contribution in [0.1, 0.15) is 57.8 Å². The van der Waals surface area contributed by atoms with E-state index in [9.17, 15) is 4.79 Å². The number of aromatic nitrogens is 2. The first-order chi connectivity index (χ1) is 15.2. The molecule has 1 N–H and O–H groups in total. The lowest BCUT2D eigenvalue weighted by atomic mass is 9.97. The van der Waals surface area contributed by atoms with E-state index in [4.69, 9.17) is 4.52 Å². The Morgan fingerprint density at radius 1 is 1.29 bits per heavy atom. The van der Waals surface area contributed by atoms with Gasteiger partial charge in [0, 0.05) is 25.7 Å². The Kier molecular flexibility index (Phi) is 8.10. The molecule has 170 valence electrons. The molecule has 0 bridgehead atoms. The summed E-state index contributed by atoms with van der Waals surface area (Å²) in [6.07, 6.45) is 8.26. The van der Waals surface area contributed by atoms with Crippen molar-refractivity contribution in [2.24, 2.45) is 5.92 Å². The molecule has 0 radical (unpaired) electrons. The number of piperidine rings is 2. The van der Waals surface area contributed by atoms with Gasteiger partial charge >= 0.3 is 0 Å². The summed E-state index contributed by atoms with van der Waals surface area (Å²) in [4.78, 5) is 23.1. The molecule has 2 aliphatic rings. The Labute approximate surface area is 189 Å². The molecule has 2 fully saturated rings. The molecule has 0 spiro atoms. The number of nitrogens with zero attached hydrogens (tertiary/aromatic N) is 4. The third-order valence-electron chi connectivity index (χ3n) is 6.59. The van der Waals surface area contributed by atoms with Gasteiger partial charge in [-0.2, -0.15) is 4.98 Å². The van der Waals surface area contributed by atoms with Crippen LogP contribution in [0.3, 0.4) is 0 Å². The largest absolute Gasteiger partial charge is 0.356 e. The lowest BCUT2D eigenvalue weighted by Crippen LogP contribution is -2.44. The van der Waals surface area contributed by atoms with Gasteiger partial charge in [0.1, 0.15) is 0 Å². The molecule has 4 rings (SSSR count). The fourth-order valence-electron chi connectivity index (χ4n) is 4.88. The van der Waals surface area contributed by atoms with Crippen LogP contribution < -0.4 is 5.32 Å². The summed E-state index contributed by atoms with van der Waals surface area (Å²) >= 11 is 1.60. The van der Waals surface area contributed by atoms with Gasteiger partial charge in [-0.25, -0.2) is 0 Å². The minimum absolute atomic E-state index is 0.0480. The van der Waals surface area contributed by atoms with Gasteiger partial charge in [0.15, 0.2) is 0 Å². The molecular formula is C23H35N5O2S. The molecular weight excluding hydrogens is 410 g/mol. The number of hydrogen-bond donors (Lipinski definition) is 1. The molecule has 2 unspecified atom stereocenters. The van der Waals surface area contributed by atoms with Crippen LogP contribution >= 0.6 is 11.3 Å². The fraction of sp³-hybridized carbons (Fsp3) is 0.696. The topological polar surface area (TPSA) is 74.5 Å². The summed E-state index contributed by atoms with van der Waals surface area (Å²) in [6.45, 7) is 7.70. The van der Waals surface area contributed by atoms with Crippen LogP contribution in [0, 0.1) is 5.92 Å². The second-order valence-electron chi connectivity index (χ2n) is 8.80. The van der Waals surface area contributed by atoms with Gasteiger partial charge < -0.3 is 14.7 Å². The van der Waals surface area contributed by atoms with E-state index >= 15 is 0 Å².